The molecule has 0 aliphatic rings. The summed E-state index contributed by atoms with van der Waals surface area (Å²) >= 11 is 0. The maximum atomic E-state index is 12.3. The van der Waals surface area contributed by atoms with E-state index in [-0.39, 0.29) is 5.97 Å². The van der Waals surface area contributed by atoms with Gasteiger partial charge in [-0.25, -0.2) is 0 Å². The van der Waals surface area contributed by atoms with Gasteiger partial charge >= 0.3 is 5.97 Å². The lowest BCUT2D eigenvalue weighted by Gasteiger charge is -2.21. The van der Waals surface area contributed by atoms with Crippen LogP contribution < -0.4 is 4.74 Å². The van der Waals surface area contributed by atoms with Gasteiger partial charge in [0.1, 0.15) is 5.75 Å². The third-order valence-corrected chi connectivity index (χ3v) is 7.44. The van der Waals surface area contributed by atoms with Crippen molar-refractivity contribution in [3.8, 4) is 5.75 Å². The van der Waals surface area contributed by atoms with Crippen LogP contribution in [0.5, 0.6) is 5.75 Å². The normalized spacial score (nSPS) is 12.4. The number of hydrogen-bond acceptors (Lipinski definition) is 2. The molecule has 8 aromatic carbocycles. The van der Waals surface area contributed by atoms with Crippen LogP contribution in [-0.2, 0) is 4.79 Å². The highest BCUT2D eigenvalue weighted by atomic mass is 16.5. The van der Waals surface area contributed by atoms with E-state index in [1.807, 2.05) is 18.2 Å². The van der Waals surface area contributed by atoms with Gasteiger partial charge in [-0.05, 0) is 70.7 Å². The summed E-state index contributed by atoms with van der Waals surface area (Å²) in [5.41, 5.74) is 0. The first kappa shape index (κ1) is 18.0. The standard InChI is InChI=1S/C32H18O2/c1-17(33)34-32-21-9-3-2-6-20(21)16-26-24-14-12-18-7-4-10-22-23-11-5-8-19-13-15-25(29(26)32)31(28(19)23)30(24)27(18)22/h2-16H,1H3. The Morgan fingerprint density at radius 1 is 0.500 bits per heavy atom. The fourth-order valence-electron chi connectivity index (χ4n) is 6.20. The number of rotatable bonds is 1. The van der Waals surface area contributed by atoms with Crippen molar-refractivity contribution in [3.05, 3.63) is 91.0 Å². The van der Waals surface area contributed by atoms with Gasteiger partial charge < -0.3 is 4.74 Å². The SMILES string of the molecule is CC(=O)Oc1c2ccccc2cc2c3ccc4cccc5c6cccc7ccc(c12)c(c76)c3c45. The van der Waals surface area contributed by atoms with E-state index in [2.05, 4.69) is 72.8 Å². The smallest absolute Gasteiger partial charge is 0.308 e. The Balaban J connectivity index is 1.81. The lowest BCUT2D eigenvalue weighted by Crippen LogP contribution is -2.03. The molecule has 0 unspecified atom stereocenters. The van der Waals surface area contributed by atoms with E-state index in [9.17, 15) is 4.79 Å². The second-order valence-corrected chi connectivity index (χ2v) is 9.23. The minimum atomic E-state index is -0.305. The first-order valence-electron chi connectivity index (χ1n) is 11.6. The highest BCUT2D eigenvalue weighted by molar-refractivity contribution is 6.45. The Morgan fingerprint density at radius 3 is 1.76 bits per heavy atom. The highest BCUT2D eigenvalue weighted by Gasteiger charge is 2.22. The van der Waals surface area contributed by atoms with Crippen molar-refractivity contribution in [2.24, 2.45) is 0 Å². The molecule has 0 saturated heterocycles. The molecule has 0 aliphatic carbocycles. The predicted molar refractivity (Wildman–Crippen MR) is 143 cm³/mol. The third kappa shape index (κ3) is 2.09. The number of esters is 1. The zero-order valence-electron chi connectivity index (χ0n) is 18.5. The molecule has 0 aliphatic heterocycles. The monoisotopic (exact) mass is 434 g/mol. The molecule has 2 nitrogen and oxygen atoms in total. The van der Waals surface area contributed by atoms with Crippen LogP contribution in [0.4, 0.5) is 0 Å². The summed E-state index contributed by atoms with van der Waals surface area (Å²) in [6, 6.07) is 32.5. The molecule has 0 aromatic heterocycles. The van der Waals surface area contributed by atoms with E-state index in [1.165, 1.54) is 55.4 Å². The Hall–Kier alpha value is -4.43. The lowest BCUT2D eigenvalue weighted by atomic mass is 9.82. The van der Waals surface area contributed by atoms with E-state index in [4.69, 9.17) is 4.74 Å². The van der Waals surface area contributed by atoms with Gasteiger partial charge in [0.25, 0.3) is 0 Å². The summed E-state index contributed by atoms with van der Waals surface area (Å²) in [5, 5.41) is 16.6. The Bertz CT molecular complexity index is 2120. The number of ether oxygens (including phenoxy) is 1. The maximum absolute atomic E-state index is 12.3. The topological polar surface area (TPSA) is 26.3 Å². The molecule has 0 bridgehead atoms. The fraction of sp³-hybridized carbons (Fsp3) is 0.0312. The number of fused-ring (bicyclic) bond motifs is 5. The summed E-state index contributed by atoms with van der Waals surface area (Å²) in [4.78, 5) is 12.3. The van der Waals surface area contributed by atoms with Crippen LogP contribution in [0, 0.1) is 0 Å². The van der Waals surface area contributed by atoms with Gasteiger partial charge in [0.2, 0.25) is 0 Å². The van der Waals surface area contributed by atoms with Gasteiger partial charge in [-0.3, -0.25) is 4.79 Å². The van der Waals surface area contributed by atoms with Crippen LogP contribution in [0.15, 0.2) is 91.0 Å². The second-order valence-electron chi connectivity index (χ2n) is 9.23. The largest absolute Gasteiger partial charge is 0.425 e. The van der Waals surface area contributed by atoms with Crippen molar-refractivity contribution in [2.75, 3.05) is 0 Å². The molecule has 34 heavy (non-hydrogen) atoms. The molecular weight excluding hydrogens is 416 g/mol. The van der Waals surface area contributed by atoms with Gasteiger partial charge in [-0.15, -0.1) is 0 Å². The number of hydrogen-bond donors (Lipinski definition) is 0. The van der Waals surface area contributed by atoms with Crippen LogP contribution in [0.1, 0.15) is 6.92 Å². The molecular formula is C32H18O2. The van der Waals surface area contributed by atoms with Gasteiger partial charge in [-0.1, -0.05) is 84.9 Å². The molecule has 0 heterocycles. The predicted octanol–water partition coefficient (Wildman–Crippen LogP) is 8.56. The Kier molecular flexibility index (Phi) is 3.25. The van der Waals surface area contributed by atoms with Crippen LogP contribution in [-0.4, -0.2) is 5.97 Å². The molecule has 0 N–H and O–H groups in total. The molecule has 2 heteroatoms. The Labute approximate surface area is 194 Å². The molecule has 0 saturated carbocycles. The van der Waals surface area contributed by atoms with Gasteiger partial charge in [-0.2, -0.15) is 0 Å². The van der Waals surface area contributed by atoms with Crippen LogP contribution in [0.3, 0.4) is 0 Å². The quantitative estimate of drug-likeness (QED) is 0.112. The van der Waals surface area contributed by atoms with E-state index in [0.717, 1.165) is 26.9 Å². The summed E-state index contributed by atoms with van der Waals surface area (Å²) in [6.45, 7) is 1.48. The van der Waals surface area contributed by atoms with Gasteiger partial charge in [0, 0.05) is 17.7 Å². The van der Waals surface area contributed by atoms with Gasteiger partial charge in [0.05, 0.1) is 0 Å². The van der Waals surface area contributed by atoms with Crippen molar-refractivity contribution in [1.82, 2.24) is 0 Å². The minimum absolute atomic E-state index is 0.305. The summed E-state index contributed by atoms with van der Waals surface area (Å²) in [6.07, 6.45) is 0. The molecule has 0 spiro atoms. The second kappa shape index (κ2) is 6.12. The van der Waals surface area contributed by atoms with Crippen molar-refractivity contribution in [2.45, 2.75) is 6.92 Å². The summed E-state index contributed by atoms with van der Waals surface area (Å²) < 4.78 is 5.97. The van der Waals surface area contributed by atoms with E-state index in [1.54, 1.807) is 0 Å². The Morgan fingerprint density at radius 2 is 1.06 bits per heavy atom. The molecule has 0 amide bonds. The van der Waals surface area contributed by atoms with Crippen LogP contribution in [0.2, 0.25) is 0 Å². The zero-order chi connectivity index (χ0) is 22.6. The molecule has 8 rings (SSSR count). The molecule has 8 aromatic rings. The van der Waals surface area contributed by atoms with Crippen LogP contribution in [0.25, 0.3) is 75.4 Å². The molecule has 0 atom stereocenters. The zero-order valence-corrected chi connectivity index (χ0v) is 18.5. The average molecular weight is 434 g/mol. The molecule has 0 radical (unpaired) electrons. The average Bonchev–Trinajstić information content (AvgIpc) is 2.86. The maximum Gasteiger partial charge on any atom is 0.308 e. The van der Waals surface area contributed by atoms with Crippen molar-refractivity contribution in [1.29, 1.82) is 0 Å². The molecule has 158 valence electrons. The van der Waals surface area contributed by atoms with Crippen molar-refractivity contribution >= 4 is 81.4 Å². The van der Waals surface area contributed by atoms with Crippen molar-refractivity contribution < 1.29 is 9.53 Å². The summed E-state index contributed by atoms with van der Waals surface area (Å²) in [7, 11) is 0. The minimum Gasteiger partial charge on any atom is -0.425 e. The molecule has 0 fully saturated rings. The number of carbonyl (C=O) groups excluding carboxylic acids is 1. The van der Waals surface area contributed by atoms with Crippen molar-refractivity contribution in [3.63, 3.8) is 0 Å². The lowest BCUT2D eigenvalue weighted by molar-refractivity contribution is -0.131. The highest BCUT2D eigenvalue weighted by Crippen LogP contribution is 2.50. The fourth-order valence-corrected chi connectivity index (χ4v) is 6.20. The van der Waals surface area contributed by atoms with E-state index in [0.29, 0.717) is 5.75 Å². The first-order chi connectivity index (χ1) is 16.7. The van der Waals surface area contributed by atoms with E-state index < -0.39 is 0 Å². The third-order valence-electron chi connectivity index (χ3n) is 7.44. The number of benzene rings is 8. The summed E-state index contributed by atoms with van der Waals surface area (Å²) in [5.74, 6) is 0.346. The van der Waals surface area contributed by atoms with Crippen LogP contribution >= 0.6 is 0 Å². The van der Waals surface area contributed by atoms with E-state index >= 15 is 0 Å². The number of carbonyl (C=O) groups is 1. The first-order valence-corrected chi connectivity index (χ1v) is 11.6. The van der Waals surface area contributed by atoms with Gasteiger partial charge in [0.15, 0.2) is 0 Å².